The molecule has 0 aliphatic carbocycles. The molecule has 0 unspecified atom stereocenters. The van der Waals surface area contributed by atoms with Crippen molar-refractivity contribution in [2.45, 2.75) is 45.1 Å². The second-order valence-corrected chi connectivity index (χ2v) is 7.71. The van der Waals surface area contributed by atoms with E-state index in [4.69, 9.17) is 0 Å². The number of hydrogen-bond acceptors (Lipinski definition) is 6. The monoisotopic (exact) mass is 333 g/mol. The van der Waals surface area contributed by atoms with Gasteiger partial charge in [-0.15, -0.1) is 21.5 Å². The second-order valence-electron chi connectivity index (χ2n) is 6.71. The van der Waals surface area contributed by atoms with Gasteiger partial charge in [0, 0.05) is 31.1 Å². The molecule has 6 nitrogen and oxygen atoms in total. The Morgan fingerprint density at radius 1 is 1.35 bits per heavy atom. The highest BCUT2D eigenvalue weighted by Gasteiger charge is 2.34. The molecule has 2 atom stereocenters. The summed E-state index contributed by atoms with van der Waals surface area (Å²) in [7, 11) is 2.05. The number of hydrogen-bond donors (Lipinski definition) is 1. The summed E-state index contributed by atoms with van der Waals surface area (Å²) in [6, 6.07) is 2.38. The molecule has 0 amide bonds. The fourth-order valence-corrected chi connectivity index (χ4v) is 4.60. The Morgan fingerprint density at radius 3 is 2.91 bits per heavy atom. The first kappa shape index (κ1) is 15.3. The minimum atomic E-state index is -0.250. The quantitative estimate of drug-likeness (QED) is 0.920. The molecule has 0 bridgehead atoms. The molecule has 4 heterocycles. The molecule has 0 spiro atoms. The fraction of sp³-hybridized carbons (Fsp3) is 0.625. The van der Waals surface area contributed by atoms with E-state index < -0.39 is 0 Å². The summed E-state index contributed by atoms with van der Waals surface area (Å²) in [5, 5.41) is 20.9. The number of aromatic nitrogens is 3. The van der Waals surface area contributed by atoms with Crippen molar-refractivity contribution in [3.8, 4) is 0 Å². The standard InChI is InChI=1S/C16H23N5OS/c1-11-3-6-23-14(11)9-20-4-5-21-15(10-20)17-18-16(21)13-7-12(22)8-19(13)2/h3,6,12-13,22H,4-5,7-10H2,1-2H3/t12-,13+/m1/s1. The molecular formula is C16H23N5OS. The number of β-amino-alcohol motifs (C(OH)–C–C–N with tert-alkyl or cyclic N) is 1. The molecule has 0 saturated carbocycles. The Kier molecular flexibility index (Phi) is 3.96. The summed E-state index contributed by atoms with van der Waals surface area (Å²) in [4.78, 5) is 6.07. The van der Waals surface area contributed by atoms with E-state index in [1.54, 1.807) is 0 Å². The third kappa shape index (κ3) is 2.82. The van der Waals surface area contributed by atoms with Gasteiger partial charge < -0.3 is 9.67 Å². The number of nitrogens with zero attached hydrogens (tertiary/aromatic N) is 5. The molecule has 2 aliphatic heterocycles. The molecule has 1 N–H and O–H groups in total. The van der Waals surface area contributed by atoms with Gasteiger partial charge in [0.25, 0.3) is 0 Å². The highest BCUT2D eigenvalue weighted by Crippen LogP contribution is 2.31. The van der Waals surface area contributed by atoms with Crippen molar-refractivity contribution in [3.05, 3.63) is 33.5 Å². The van der Waals surface area contributed by atoms with Crippen LogP contribution in [-0.4, -0.2) is 55.9 Å². The van der Waals surface area contributed by atoms with Crippen LogP contribution in [0, 0.1) is 6.92 Å². The molecular weight excluding hydrogens is 310 g/mol. The third-order valence-electron chi connectivity index (χ3n) is 5.02. The molecule has 0 radical (unpaired) electrons. The van der Waals surface area contributed by atoms with Crippen LogP contribution in [0.15, 0.2) is 11.4 Å². The van der Waals surface area contributed by atoms with Gasteiger partial charge in [-0.3, -0.25) is 9.80 Å². The average Bonchev–Trinajstić information content (AvgIpc) is 3.19. The smallest absolute Gasteiger partial charge is 0.150 e. The maximum absolute atomic E-state index is 9.88. The van der Waals surface area contributed by atoms with E-state index >= 15 is 0 Å². The van der Waals surface area contributed by atoms with E-state index in [9.17, 15) is 5.11 Å². The van der Waals surface area contributed by atoms with Crippen molar-refractivity contribution >= 4 is 11.3 Å². The maximum atomic E-state index is 9.88. The summed E-state index contributed by atoms with van der Waals surface area (Å²) >= 11 is 1.83. The average molecular weight is 333 g/mol. The summed E-state index contributed by atoms with van der Waals surface area (Å²) in [5.74, 6) is 2.07. The molecule has 0 aromatic carbocycles. The number of thiophene rings is 1. The van der Waals surface area contributed by atoms with Crippen LogP contribution < -0.4 is 0 Å². The molecule has 2 aromatic rings. The highest BCUT2D eigenvalue weighted by molar-refractivity contribution is 7.10. The SMILES string of the molecule is Cc1ccsc1CN1CCn2c(nnc2[C@@H]2C[C@@H](O)CN2C)C1. The normalized spacial score (nSPS) is 25.9. The molecule has 7 heteroatoms. The summed E-state index contributed by atoms with van der Waals surface area (Å²) in [6.45, 7) is 6.70. The number of likely N-dealkylation sites (N-methyl/N-ethyl adjacent to an activating group) is 1. The third-order valence-corrected chi connectivity index (χ3v) is 6.03. The van der Waals surface area contributed by atoms with Crippen molar-refractivity contribution < 1.29 is 5.11 Å². The van der Waals surface area contributed by atoms with Gasteiger partial charge in [-0.1, -0.05) is 0 Å². The topological polar surface area (TPSA) is 57.4 Å². The zero-order valence-corrected chi connectivity index (χ0v) is 14.5. The predicted octanol–water partition coefficient (Wildman–Crippen LogP) is 1.40. The number of likely N-dealkylation sites (tertiary alicyclic amines) is 1. The van der Waals surface area contributed by atoms with Gasteiger partial charge in [-0.25, -0.2) is 0 Å². The van der Waals surface area contributed by atoms with E-state index in [2.05, 4.69) is 50.0 Å². The number of fused-ring (bicyclic) bond motifs is 1. The first-order valence-electron chi connectivity index (χ1n) is 8.17. The maximum Gasteiger partial charge on any atom is 0.150 e. The Morgan fingerprint density at radius 2 is 2.22 bits per heavy atom. The summed E-state index contributed by atoms with van der Waals surface area (Å²) < 4.78 is 2.26. The Bertz CT molecular complexity index is 696. The van der Waals surface area contributed by atoms with Crippen LogP contribution in [-0.2, 0) is 19.6 Å². The molecule has 1 fully saturated rings. The fourth-order valence-electron chi connectivity index (χ4n) is 3.66. The van der Waals surface area contributed by atoms with Crippen molar-refractivity contribution in [1.82, 2.24) is 24.6 Å². The lowest BCUT2D eigenvalue weighted by atomic mass is 10.2. The predicted molar refractivity (Wildman–Crippen MR) is 89.2 cm³/mol. The first-order chi connectivity index (χ1) is 11.1. The Labute approximate surface area is 140 Å². The van der Waals surface area contributed by atoms with Gasteiger partial charge in [0.1, 0.15) is 5.82 Å². The summed E-state index contributed by atoms with van der Waals surface area (Å²) in [5.41, 5.74) is 1.38. The van der Waals surface area contributed by atoms with Gasteiger partial charge in [-0.2, -0.15) is 0 Å². The number of aliphatic hydroxyl groups excluding tert-OH is 1. The van der Waals surface area contributed by atoms with Crippen molar-refractivity contribution in [2.75, 3.05) is 20.1 Å². The zero-order valence-electron chi connectivity index (χ0n) is 13.6. The van der Waals surface area contributed by atoms with Crippen LogP contribution in [0.5, 0.6) is 0 Å². The van der Waals surface area contributed by atoms with Crippen molar-refractivity contribution in [3.63, 3.8) is 0 Å². The van der Waals surface area contributed by atoms with Crippen LogP contribution in [0.4, 0.5) is 0 Å². The van der Waals surface area contributed by atoms with Crippen molar-refractivity contribution in [1.29, 1.82) is 0 Å². The van der Waals surface area contributed by atoms with Crippen molar-refractivity contribution in [2.24, 2.45) is 0 Å². The number of rotatable bonds is 3. The van der Waals surface area contributed by atoms with Crippen LogP contribution in [0.1, 0.15) is 34.6 Å². The van der Waals surface area contributed by atoms with Crippen LogP contribution in [0.3, 0.4) is 0 Å². The van der Waals surface area contributed by atoms with E-state index in [0.717, 1.165) is 50.8 Å². The van der Waals surface area contributed by atoms with Crippen LogP contribution in [0.2, 0.25) is 0 Å². The molecule has 1 saturated heterocycles. The minimum absolute atomic E-state index is 0.192. The van der Waals surface area contributed by atoms with E-state index in [1.165, 1.54) is 10.4 Å². The van der Waals surface area contributed by atoms with E-state index in [0.29, 0.717) is 0 Å². The lowest BCUT2D eigenvalue weighted by molar-refractivity contribution is 0.182. The minimum Gasteiger partial charge on any atom is -0.392 e. The number of aliphatic hydroxyl groups is 1. The molecule has 2 aliphatic rings. The van der Waals surface area contributed by atoms with Gasteiger partial charge in [-0.05, 0) is 37.4 Å². The molecule has 4 rings (SSSR count). The van der Waals surface area contributed by atoms with Gasteiger partial charge >= 0.3 is 0 Å². The van der Waals surface area contributed by atoms with Gasteiger partial charge in [0.15, 0.2) is 5.82 Å². The lowest BCUT2D eigenvalue weighted by Crippen LogP contribution is -2.34. The largest absolute Gasteiger partial charge is 0.392 e. The van der Waals surface area contributed by atoms with E-state index in [-0.39, 0.29) is 12.1 Å². The number of aryl methyl sites for hydroxylation is 1. The highest BCUT2D eigenvalue weighted by atomic mass is 32.1. The van der Waals surface area contributed by atoms with Gasteiger partial charge in [0.05, 0.1) is 18.7 Å². The van der Waals surface area contributed by atoms with Crippen LogP contribution >= 0.6 is 11.3 Å². The first-order valence-corrected chi connectivity index (χ1v) is 9.05. The second kappa shape index (κ2) is 5.98. The van der Waals surface area contributed by atoms with Gasteiger partial charge in [0.2, 0.25) is 0 Å². The Balaban J connectivity index is 1.50. The molecule has 23 heavy (non-hydrogen) atoms. The zero-order chi connectivity index (χ0) is 16.0. The molecule has 2 aromatic heterocycles. The van der Waals surface area contributed by atoms with Crippen LogP contribution in [0.25, 0.3) is 0 Å². The Hall–Kier alpha value is -1.28. The lowest BCUT2D eigenvalue weighted by Gasteiger charge is -2.29. The summed E-state index contributed by atoms with van der Waals surface area (Å²) in [6.07, 6.45) is 0.507. The molecule has 124 valence electrons. The van der Waals surface area contributed by atoms with E-state index in [1.807, 2.05) is 11.3 Å².